The number of thiocarbonyl (C=S) groups is 1. The summed E-state index contributed by atoms with van der Waals surface area (Å²) in [6.07, 6.45) is 9.14. The Labute approximate surface area is 110 Å². The molecule has 0 unspecified atom stereocenters. The van der Waals surface area contributed by atoms with Gasteiger partial charge in [0.15, 0.2) is 0 Å². The van der Waals surface area contributed by atoms with Crippen molar-refractivity contribution >= 4 is 23.1 Å². The van der Waals surface area contributed by atoms with Crippen molar-refractivity contribution < 1.29 is 4.79 Å². The Morgan fingerprint density at radius 1 is 1.24 bits per heavy atom. The van der Waals surface area contributed by atoms with E-state index in [-0.39, 0.29) is 5.91 Å². The van der Waals surface area contributed by atoms with Gasteiger partial charge < -0.3 is 11.1 Å². The normalized spacial score (nSPS) is 20.1. The minimum absolute atomic E-state index is 0.0841. The maximum absolute atomic E-state index is 11.8. The second kappa shape index (κ2) is 6.94. The van der Waals surface area contributed by atoms with E-state index in [2.05, 4.69) is 5.32 Å². The van der Waals surface area contributed by atoms with Gasteiger partial charge in [0, 0.05) is 6.42 Å². The van der Waals surface area contributed by atoms with Gasteiger partial charge in [0.25, 0.3) is 0 Å². The molecule has 3 nitrogen and oxygen atoms in total. The third-order valence-corrected chi connectivity index (χ3v) is 3.93. The third kappa shape index (κ3) is 4.26. The molecule has 0 aromatic carbocycles. The fourth-order valence-corrected chi connectivity index (χ4v) is 2.75. The zero-order chi connectivity index (χ0) is 12.7. The van der Waals surface area contributed by atoms with Crippen molar-refractivity contribution in [2.75, 3.05) is 0 Å². The molecule has 0 aromatic heterocycles. The number of nitrogens with two attached hydrogens (primary N) is 1. The Balaban J connectivity index is 2.71. The standard InChI is InChI=1S/C13H24N2OS/c1-2-8-11(16)15-13(12(14)17)9-6-4-3-5-7-10-13/h2-10H2,1H3,(H2,14,17)(H,15,16). The molecule has 1 rings (SSSR count). The maximum atomic E-state index is 11.8. The van der Waals surface area contributed by atoms with E-state index >= 15 is 0 Å². The summed E-state index contributed by atoms with van der Waals surface area (Å²) in [4.78, 5) is 12.3. The fraction of sp³-hybridized carbons (Fsp3) is 0.846. The summed E-state index contributed by atoms with van der Waals surface area (Å²) in [6, 6.07) is 0. The van der Waals surface area contributed by atoms with Crippen molar-refractivity contribution in [3.05, 3.63) is 0 Å². The largest absolute Gasteiger partial charge is 0.391 e. The Hall–Kier alpha value is -0.640. The predicted octanol–water partition coefficient (Wildman–Crippen LogP) is 2.67. The van der Waals surface area contributed by atoms with Crippen molar-refractivity contribution in [3.8, 4) is 0 Å². The van der Waals surface area contributed by atoms with E-state index in [0.29, 0.717) is 11.4 Å². The highest BCUT2D eigenvalue weighted by atomic mass is 32.1. The van der Waals surface area contributed by atoms with Crippen LogP contribution < -0.4 is 11.1 Å². The molecule has 0 spiro atoms. The average Bonchev–Trinajstić information content (AvgIpc) is 2.22. The second-order valence-corrected chi connectivity index (χ2v) is 5.45. The number of carbonyl (C=O) groups excluding carboxylic acids is 1. The number of rotatable bonds is 4. The molecule has 4 heteroatoms. The summed E-state index contributed by atoms with van der Waals surface area (Å²) in [5, 5.41) is 3.10. The molecule has 0 radical (unpaired) electrons. The van der Waals surface area contributed by atoms with Gasteiger partial charge in [-0.15, -0.1) is 0 Å². The maximum Gasteiger partial charge on any atom is 0.220 e. The average molecular weight is 256 g/mol. The van der Waals surface area contributed by atoms with E-state index < -0.39 is 5.54 Å². The number of carbonyl (C=O) groups is 1. The predicted molar refractivity (Wildman–Crippen MR) is 74.9 cm³/mol. The van der Waals surface area contributed by atoms with Gasteiger partial charge in [-0.2, -0.15) is 0 Å². The number of nitrogens with one attached hydrogen (secondary N) is 1. The first-order chi connectivity index (χ1) is 8.10. The van der Waals surface area contributed by atoms with Crippen LogP contribution in [0.2, 0.25) is 0 Å². The SMILES string of the molecule is CCCC(=O)NC1(C(N)=S)CCCCCCC1. The highest BCUT2D eigenvalue weighted by Gasteiger charge is 2.34. The summed E-state index contributed by atoms with van der Waals surface area (Å²) >= 11 is 5.20. The topological polar surface area (TPSA) is 55.1 Å². The molecule has 0 atom stereocenters. The molecular weight excluding hydrogens is 232 g/mol. The minimum Gasteiger partial charge on any atom is -0.391 e. The molecule has 1 aliphatic carbocycles. The molecule has 1 aliphatic rings. The van der Waals surface area contributed by atoms with Crippen molar-refractivity contribution in [2.45, 2.75) is 70.3 Å². The van der Waals surface area contributed by atoms with Gasteiger partial charge in [0.2, 0.25) is 5.91 Å². The Kier molecular flexibility index (Phi) is 5.89. The highest BCUT2D eigenvalue weighted by Crippen LogP contribution is 2.27. The van der Waals surface area contributed by atoms with Crippen LogP contribution in [-0.2, 0) is 4.79 Å². The van der Waals surface area contributed by atoms with Crippen LogP contribution in [0.3, 0.4) is 0 Å². The lowest BCUT2D eigenvalue weighted by molar-refractivity contribution is -0.122. The van der Waals surface area contributed by atoms with Gasteiger partial charge in [0.05, 0.1) is 10.5 Å². The number of hydrogen-bond acceptors (Lipinski definition) is 2. The molecule has 0 aliphatic heterocycles. The Morgan fingerprint density at radius 3 is 2.24 bits per heavy atom. The van der Waals surface area contributed by atoms with Gasteiger partial charge in [-0.1, -0.05) is 51.2 Å². The van der Waals surface area contributed by atoms with Crippen LogP contribution in [0.1, 0.15) is 64.7 Å². The van der Waals surface area contributed by atoms with Gasteiger partial charge in [-0.25, -0.2) is 0 Å². The molecule has 1 amide bonds. The molecule has 98 valence electrons. The van der Waals surface area contributed by atoms with E-state index in [0.717, 1.165) is 32.1 Å². The van der Waals surface area contributed by atoms with E-state index in [1.807, 2.05) is 6.92 Å². The van der Waals surface area contributed by atoms with Crippen LogP contribution in [0.5, 0.6) is 0 Å². The van der Waals surface area contributed by atoms with Crippen molar-refractivity contribution in [1.82, 2.24) is 5.32 Å². The van der Waals surface area contributed by atoms with Crippen LogP contribution in [0.4, 0.5) is 0 Å². The van der Waals surface area contributed by atoms with E-state index in [9.17, 15) is 4.79 Å². The molecule has 0 saturated heterocycles. The second-order valence-electron chi connectivity index (χ2n) is 5.01. The smallest absolute Gasteiger partial charge is 0.220 e. The Bertz CT molecular complexity index is 271. The minimum atomic E-state index is -0.415. The van der Waals surface area contributed by atoms with Crippen LogP contribution in [-0.4, -0.2) is 16.4 Å². The summed E-state index contributed by atoms with van der Waals surface area (Å²) in [7, 11) is 0. The first kappa shape index (κ1) is 14.4. The van der Waals surface area contributed by atoms with Crippen molar-refractivity contribution in [3.63, 3.8) is 0 Å². The molecule has 0 aromatic rings. The Morgan fingerprint density at radius 2 is 1.76 bits per heavy atom. The van der Waals surface area contributed by atoms with Crippen molar-refractivity contribution in [2.24, 2.45) is 5.73 Å². The quantitative estimate of drug-likeness (QED) is 0.760. The monoisotopic (exact) mass is 256 g/mol. The summed E-state index contributed by atoms with van der Waals surface area (Å²) in [6.45, 7) is 2.01. The summed E-state index contributed by atoms with van der Waals surface area (Å²) < 4.78 is 0. The third-order valence-electron chi connectivity index (χ3n) is 3.53. The molecule has 17 heavy (non-hydrogen) atoms. The van der Waals surface area contributed by atoms with Crippen LogP contribution in [0, 0.1) is 0 Å². The van der Waals surface area contributed by atoms with Gasteiger partial charge in [0.1, 0.15) is 0 Å². The summed E-state index contributed by atoms with van der Waals surface area (Å²) in [5.41, 5.74) is 5.47. The van der Waals surface area contributed by atoms with Gasteiger partial charge in [-0.05, 0) is 19.3 Å². The van der Waals surface area contributed by atoms with Crippen LogP contribution in [0.25, 0.3) is 0 Å². The molecule has 1 saturated carbocycles. The lowest BCUT2D eigenvalue weighted by atomic mass is 9.83. The van der Waals surface area contributed by atoms with E-state index in [4.69, 9.17) is 18.0 Å². The molecular formula is C13H24N2OS. The molecule has 3 N–H and O–H groups in total. The first-order valence-electron chi connectivity index (χ1n) is 6.71. The van der Waals surface area contributed by atoms with Crippen molar-refractivity contribution in [1.29, 1.82) is 0 Å². The van der Waals surface area contributed by atoms with Crippen LogP contribution >= 0.6 is 12.2 Å². The fourth-order valence-electron chi connectivity index (χ4n) is 2.50. The highest BCUT2D eigenvalue weighted by molar-refractivity contribution is 7.80. The van der Waals surface area contributed by atoms with Crippen LogP contribution in [0.15, 0.2) is 0 Å². The summed E-state index contributed by atoms with van der Waals surface area (Å²) in [5.74, 6) is 0.0841. The molecule has 0 heterocycles. The number of amides is 1. The van der Waals surface area contributed by atoms with Gasteiger partial charge in [-0.3, -0.25) is 4.79 Å². The number of hydrogen-bond donors (Lipinski definition) is 2. The molecule has 1 fully saturated rings. The van der Waals surface area contributed by atoms with Gasteiger partial charge >= 0.3 is 0 Å². The zero-order valence-electron chi connectivity index (χ0n) is 10.8. The zero-order valence-corrected chi connectivity index (χ0v) is 11.6. The lowest BCUT2D eigenvalue weighted by Gasteiger charge is -2.35. The lowest BCUT2D eigenvalue weighted by Crippen LogP contribution is -2.56. The molecule has 0 bridgehead atoms. The van der Waals surface area contributed by atoms with E-state index in [1.165, 1.54) is 19.3 Å². The van der Waals surface area contributed by atoms with E-state index in [1.54, 1.807) is 0 Å². The first-order valence-corrected chi connectivity index (χ1v) is 7.12.